The predicted octanol–water partition coefficient (Wildman–Crippen LogP) is 2.60. The largest absolute Gasteiger partial charge is 0.348 e. The zero-order chi connectivity index (χ0) is 14.7. The molecule has 0 aliphatic heterocycles. The fourth-order valence-electron chi connectivity index (χ4n) is 2.85. The van der Waals surface area contributed by atoms with Gasteiger partial charge in [0.1, 0.15) is 5.69 Å². The van der Waals surface area contributed by atoms with Gasteiger partial charge in [-0.3, -0.25) is 4.79 Å². The third-order valence-electron chi connectivity index (χ3n) is 4.08. The summed E-state index contributed by atoms with van der Waals surface area (Å²) >= 11 is 1.71. The van der Waals surface area contributed by atoms with Crippen LogP contribution in [0.25, 0.3) is 0 Å². The number of carbonyl (C=O) groups is 1. The van der Waals surface area contributed by atoms with Crippen molar-refractivity contribution in [1.82, 2.24) is 9.88 Å². The topological polar surface area (TPSA) is 60.0 Å². The molecule has 0 atom stereocenters. The SMILES string of the molecule is NC1CCC(NC(=O)c2cccn2Cc2cccs2)CC1. The molecule has 1 saturated carbocycles. The molecule has 0 aromatic carbocycles. The van der Waals surface area contributed by atoms with Crippen LogP contribution in [0, 0.1) is 0 Å². The van der Waals surface area contributed by atoms with Crippen LogP contribution in [0.1, 0.15) is 41.0 Å². The molecule has 112 valence electrons. The first kappa shape index (κ1) is 14.4. The van der Waals surface area contributed by atoms with Gasteiger partial charge in [-0.1, -0.05) is 6.07 Å². The molecule has 0 bridgehead atoms. The number of aromatic nitrogens is 1. The van der Waals surface area contributed by atoms with Gasteiger partial charge in [0, 0.05) is 23.2 Å². The van der Waals surface area contributed by atoms with E-state index in [2.05, 4.69) is 16.8 Å². The second-order valence-electron chi connectivity index (χ2n) is 5.69. The quantitative estimate of drug-likeness (QED) is 0.912. The maximum Gasteiger partial charge on any atom is 0.268 e. The number of nitrogens with one attached hydrogen (secondary N) is 1. The van der Waals surface area contributed by atoms with E-state index in [0.717, 1.165) is 37.9 Å². The molecule has 1 aliphatic rings. The van der Waals surface area contributed by atoms with Gasteiger partial charge in [0.15, 0.2) is 0 Å². The highest BCUT2D eigenvalue weighted by Crippen LogP contribution is 2.18. The number of thiophene rings is 1. The van der Waals surface area contributed by atoms with Gasteiger partial charge in [0.2, 0.25) is 0 Å². The van der Waals surface area contributed by atoms with Crippen LogP contribution < -0.4 is 11.1 Å². The summed E-state index contributed by atoms with van der Waals surface area (Å²) in [6, 6.07) is 8.52. The van der Waals surface area contributed by atoms with E-state index in [1.807, 2.05) is 29.0 Å². The first-order valence-electron chi connectivity index (χ1n) is 7.46. The van der Waals surface area contributed by atoms with Crippen LogP contribution in [-0.2, 0) is 6.54 Å². The molecule has 1 fully saturated rings. The van der Waals surface area contributed by atoms with E-state index in [9.17, 15) is 4.79 Å². The fraction of sp³-hybridized carbons (Fsp3) is 0.438. The second kappa shape index (κ2) is 6.45. The number of amides is 1. The Balaban J connectivity index is 1.64. The summed E-state index contributed by atoms with van der Waals surface area (Å²) in [6.07, 6.45) is 5.94. The highest BCUT2D eigenvalue weighted by atomic mass is 32.1. The Bertz CT molecular complexity index is 582. The zero-order valence-electron chi connectivity index (χ0n) is 12.0. The normalized spacial score (nSPS) is 22.1. The lowest BCUT2D eigenvalue weighted by atomic mass is 9.92. The van der Waals surface area contributed by atoms with E-state index in [0.29, 0.717) is 6.04 Å². The number of carbonyl (C=O) groups excluding carboxylic acids is 1. The monoisotopic (exact) mass is 303 g/mol. The lowest BCUT2D eigenvalue weighted by Gasteiger charge is -2.26. The molecule has 5 heteroatoms. The molecule has 2 aromatic rings. The van der Waals surface area contributed by atoms with Crippen LogP contribution in [-0.4, -0.2) is 22.6 Å². The number of hydrogen-bond donors (Lipinski definition) is 2. The van der Waals surface area contributed by atoms with Gasteiger partial charge >= 0.3 is 0 Å². The average Bonchev–Trinajstić information content (AvgIpc) is 3.13. The molecule has 2 aromatic heterocycles. The van der Waals surface area contributed by atoms with Gasteiger partial charge in [-0.15, -0.1) is 11.3 Å². The van der Waals surface area contributed by atoms with Gasteiger partial charge in [0.05, 0.1) is 6.54 Å². The van der Waals surface area contributed by atoms with E-state index in [1.54, 1.807) is 11.3 Å². The van der Waals surface area contributed by atoms with Crippen molar-refractivity contribution < 1.29 is 4.79 Å². The van der Waals surface area contributed by atoms with Gasteiger partial charge in [-0.2, -0.15) is 0 Å². The highest BCUT2D eigenvalue weighted by molar-refractivity contribution is 7.09. The fourth-order valence-corrected chi connectivity index (χ4v) is 3.55. The van der Waals surface area contributed by atoms with Gasteiger partial charge in [-0.05, 0) is 49.3 Å². The molecule has 2 heterocycles. The van der Waals surface area contributed by atoms with Crippen molar-refractivity contribution in [3.05, 3.63) is 46.4 Å². The molecule has 0 unspecified atom stereocenters. The van der Waals surface area contributed by atoms with E-state index >= 15 is 0 Å². The predicted molar refractivity (Wildman–Crippen MR) is 85.6 cm³/mol. The highest BCUT2D eigenvalue weighted by Gasteiger charge is 2.21. The summed E-state index contributed by atoms with van der Waals surface area (Å²) in [5.41, 5.74) is 6.64. The van der Waals surface area contributed by atoms with E-state index in [-0.39, 0.29) is 11.9 Å². The number of hydrogen-bond acceptors (Lipinski definition) is 3. The van der Waals surface area contributed by atoms with Crippen LogP contribution in [0.3, 0.4) is 0 Å². The average molecular weight is 303 g/mol. The number of nitrogens with zero attached hydrogens (tertiary/aromatic N) is 1. The molecule has 1 aliphatic carbocycles. The minimum atomic E-state index is 0.0250. The smallest absolute Gasteiger partial charge is 0.268 e. The van der Waals surface area contributed by atoms with E-state index < -0.39 is 0 Å². The molecule has 1 amide bonds. The summed E-state index contributed by atoms with van der Waals surface area (Å²) < 4.78 is 2.01. The van der Waals surface area contributed by atoms with Crippen LogP contribution in [0.2, 0.25) is 0 Å². The molecule has 3 N–H and O–H groups in total. The second-order valence-corrected chi connectivity index (χ2v) is 6.72. The minimum Gasteiger partial charge on any atom is -0.348 e. The van der Waals surface area contributed by atoms with E-state index in [1.165, 1.54) is 4.88 Å². The summed E-state index contributed by atoms with van der Waals surface area (Å²) in [6.45, 7) is 0.753. The first-order valence-corrected chi connectivity index (χ1v) is 8.34. The minimum absolute atomic E-state index is 0.0250. The molecule has 0 saturated heterocycles. The molecule has 0 radical (unpaired) electrons. The standard InChI is InChI=1S/C16H21N3OS/c17-12-5-7-13(8-6-12)18-16(20)15-4-1-9-19(15)11-14-3-2-10-21-14/h1-4,9-10,12-13H,5-8,11,17H2,(H,18,20). The van der Waals surface area contributed by atoms with Crippen LogP contribution in [0.4, 0.5) is 0 Å². The van der Waals surface area contributed by atoms with Crippen molar-refractivity contribution in [2.24, 2.45) is 5.73 Å². The first-order chi connectivity index (χ1) is 10.2. The van der Waals surface area contributed by atoms with Crippen molar-refractivity contribution in [2.45, 2.75) is 44.3 Å². The Labute approximate surface area is 129 Å². The van der Waals surface area contributed by atoms with Gasteiger partial charge in [0.25, 0.3) is 5.91 Å². The molecule has 4 nitrogen and oxygen atoms in total. The molecule has 21 heavy (non-hydrogen) atoms. The Morgan fingerprint density at radius 2 is 2.10 bits per heavy atom. The Morgan fingerprint density at radius 1 is 1.29 bits per heavy atom. The maximum atomic E-state index is 12.4. The summed E-state index contributed by atoms with van der Waals surface area (Å²) in [7, 11) is 0. The summed E-state index contributed by atoms with van der Waals surface area (Å²) in [4.78, 5) is 13.7. The summed E-state index contributed by atoms with van der Waals surface area (Å²) in [5.74, 6) is 0.0250. The molecule has 0 spiro atoms. The van der Waals surface area contributed by atoms with Crippen LogP contribution >= 0.6 is 11.3 Å². The Kier molecular flexibility index (Phi) is 4.41. The number of rotatable bonds is 4. The maximum absolute atomic E-state index is 12.4. The number of nitrogens with two attached hydrogens (primary N) is 1. The van der Waals surface area contributed by atoms with Crippen LogP contribution in [0.5, 0.6) is 0 Å². The van der Waals surface area contributed by atoms with Gasteiger partial charge in [-0.25, -0.2) is 0 Å². The molecule has 3 rings (SSSR count). The lowest BCUT2D eigenvalue weighted by molar-refractivity contribution is 0.0917. The van der Waals surface area contributed by atoms with Crippen LogP contribution in [0.15, 0.2) is 35.8 Å². The van der Waals surface area contributed by atoms with Crippen molar-refractivity contribution in [3.63, 3.8) is 0 Å². The van der Waals surface area contributed by atoms with Crippen molar-refractivity contribution in [2.75, 3.05) is 0 Å². The zero-order valence-corrected chi connectivity index (χ0v) is 12.8. The van der Waals surface area contributed by atoms with Crippen molar-refractivity contribution >= 4 is 17.2 Å². The Hall–Kier alpha value is -1.59. The van der Waals surface area contributed by atoms with E-state index in [4.69, 9.17) is 5.73 Å². The molecular formula is C16H21N3OS. The summed E-state index contributed by atoms with van der Waals surface area (Å²) in [5, 5.41) is 5.21. The third kappa shape index (κ3) is 3.54. The molecular weight excluding hydrogens is 282 g/mol. The van der Waals surface area contributed by atoms with Gasteiger partial charge < -0.3 is 15.6 Å². The third-order valence-corrected chi connectivity index (χ3v) is 4.94. The van der Waals surface area contributed by atoms with Crippen molar-refractivity contribution in [1.29, 1.82) is 0 Å². The lowest BCUT2D eigenvalue weighted by Crippen LogP contribution is -2.41. The Morgan fingerprint density at radius 3 is 2.81 bits per heavy atom. The van der Waals surface area contributed by atoms with Crippen molar-refractivity contribution in [3.8, 4) is 0 Å².